The highest BCUT2D eigenvalue weighted by atomic mass is 16.3. The summed E-state index contributed by atoms with van der Waals surface area (Å²) in [5.41, 5.74) is 0. The van der Waals surface area contributed by atoms with E-state index in [2.05, 4.69) is 13.5 Å². The molecule has 1 nitrogen and oxygen atoms in total. The van der Waals surface area contributed by atoms with Crippen molar-refractivity contribution >= 4 is 0 Å². The van der Waals surface area contributed by atoms with Crippen LogP contribution < -0.4 is 0 Å². The van der Waals surface area contributed by atoms with Gasteiger partial charge in [-0.25, -0.2) is 0 Å². The van der Waals surface area contributed by atoms with Gasteiger partial charge in [0.05, 0.1) is 6.10 Å². The molecule has 0 saturated carbocycles. The maximum atomic E-state index is 9.01. The van der Waals surface area contributed by atoms with Gasteiger partial charge in [0.15, 0.2) is 0 Å². The van der Waals surface area contributed by atoms with Gasteiger partial charge in [-0.3, -0.25) is 0 Å². The van der Waals surface area contributed by atoms with Gasteiger partial charge in [-0.15, -0.1) is 6.58 Å². The molecule has 0 radical (unpaired) electrons. The quantitative estimate of drug-likeness (QED) is 0.552. The number of aliphatic hydroxyl groups is 1. The minimum Gasteiger partial charge on any atom is -0.389 e. The first kappa shape index (κ1) is 7.70. The Morgan fingerprint density at radius 3 is 2.38 bits per heavy atom. The molecule has 8 heavy (non-hydrogen) atoms. The standard InChI is InChI=1S/C7H14O/c1-4-6(3)7(8)5-2/h5-8H,2,4H2,1,3H3/t6-,7?/m0/s1. The van der Waals surface area contributed by atoms with Gasteiger partial charge in [0, 0.05) is 0 Å². The molecule has 1 N–H and O–H groups in total. The second kappa shape index (κ2) is 3.67. The van der Waals surface area contributed by atoms with E-state index in [1.807, 2.05) is 6.92 Å². The molecular formula is C7H14O. The van der Waals surface area contributed by atoms with Crippen molar-refractivity contribution in [3.8, 4) is 0 Å². The van der Waals surface area contributed by atoms with E-state index in [0.29, 0.717) is 5.92 Å². The van der Waals surface area contributed by atoms with E-state index < -0.39 is 0 Å². The lowest BCUT2D eigenvalue weighted by atomic mass is 10.0. The van der Waals surface area contributed by atoms with Crippen molar-refractivity contribution in [2.45, 2.75) is 26.4 Å². The fourth-order valence-electron chi connectivity index (χ4n) is 0.474. The summed E-state index contributed by atoms with van der Waals surface area (Å²) in [7, 11) is 0. The highest BCUT2D eigenvalue weighted by molar-refractivity contribution is 4.81. The minimum atomic E-state index is -0.319. The third kappa shape index (κ3) is 2.12. The Kier molecular flexibility index (Phi) is 3.53. The Bertz CT molecular complexity index is 68.8. The molecule has 0 saturated heterocycles. The van der Waals surface area contributed by atoms with Crippen LogP contribution in [0.1, 0.15) is 20.3 Å². The summed E-state index contributed by atoms with van der Waals surface area (Å²) in [6, 6.07) is 0. The largest absolute Gasteiger partial charge is 0.389 e. The third-order valence-corrected chi connectivity index (χ3v) is 1.47. The minimum absolute atomic E-state index is 0.319. The first-order valence-corrected chi connectivity index (χ1v) is 3.03. The molecule has 0 aromatic rings. The van der Waals surface area contributed by atoms with Crippen molar-refractivity contribution in [1.29, 1.82) is 0 Å². The molecule has 0 spiro atoms. The molecular weight excluding hydrogens is 100 g/mol. The smallest absolute Gasteiger partial charge is 0.0743 e. The van der Waals surface area contributed by atoms with Crippen molar-refractivity contribution in [1.82, 2.24) is 0 Å². The Balaban J connectivity index is 3.44. The Hall–Kier alpha value is -0.300. The van der Waals surface area contributed by atoms with Crippen LogP contribution in [-0.2, 0) is 0 Å². The average Bonchev–Trinajstić information content (AvgIpc) is 1.84. The summed E-state index contributed by atoms with van der Waals surface area (Å²) in [5.74, 6) is 0.354. The lowest BCUT2D eigenvalue weighted by molar-refractivity contribution is 0.160. The topological polar surface area (TPSA) is 20.2 Å². The summed E-state index contributed by atoms with van der Waals surface area (Å²) in [4.78, 5) is 0. The molecule has 0 amide bonds. The first-order valence-electron chi connectivity index (χ1n) is 3.03. The summed E-state index contributed by atoms with van der Waals surface area (Å²) >= 11 is 0. The summed E-state index contributed by atoms with van der Waals surface area (Å²) in [5, 5.41) is 9.01. The first-order chi connectivity index (χ1) is 3.72. The number of rotatable bonds is 3. The number of aliphatic hydroxyl groups excluding tert-OH is 1. The van der Waals surface area contributed by atoms with E-state index in [4.69, 9.17) is 5.11 Å². The van der Waals surface area contributed by atoms with Crippen molar-refractivity contribution in [3.63, 3.8) is 0 Å². The molecule has 0 aromatic heterocycles. The van der Waals surface area contributed by atoms with E-state index in [1.54, 1.807) is 6.08 Å². The highest BCUT2D eigenvalue weighted by Crippen LogP contribution is 2.06. The van der Waals surface area contributed by atoms with E-state index in [-0.39, 0.29) is 6.10 Å². The zero-order chi connectivity index (χ0) is 6.57. The molecule has 0 aliphatic carbocycles. The van der Waals surface area contributed by atoms with Crippen LogP contribution in [-0.4, -0.2) is 11.2 Å². The molecule has 1 heteroatoms. The Labute approximate surface area is 51.0 Å². The molecule has 0 bridgehead atoms. The zero-order valence-corrected chi connectivity index (χ0v) is 5.59. The van der Waals surface area contributed by atoms with Crippen LogP contribution in [0.25, 0.3) is 0 Å². The molecule has 0 rings (SSSR count). The lowest BCUT2D eigenvalue weighted by Gasteiger charge is -2.10. The monoisotopic (exact) mass is 114 g/mol. The molecule has 0 aliphatic rings. The SMILES string of the molecule is C=CC(O)[C@@H](C)CC. The summed E-state index contributed by atoms with van der Waals surface area (Å²) < 4.78 is 0. The van der Waals surface area contributed by atoms with Crippen LogP contribution in [0, 0.1) is 5.92 Å². The average molecular weight is 114 g/mol. The molecule has 2 atom stereocenters. The van der Waals surface area contributed by atoms with Crippen LogP contribution in [0.2, 0.25) is 0 Å². The van der Waals surface area contributed by atoms with Crippen molar-refractivity contribution in [3.05, 3.63) is 12.7 Å². The van der Waals surface area contributed by atoms with Crippen molar-refractivity contribution < 1.29 is 5.11 Å². The van der Waals surface area contributed by atoms with Gasteiger partial charge in [0.1, 0.15) is 0 Å². The Morgan fingerprint density at radius 1 is 1.75 bits per heavy atom. The van der Waals surface area contributed by atoms with Gasteiger partial charge in [0.2, 0.25) is 0 Å². The van der Waals surface area contributed by atoms with Crippen LogP contribution in [0.4, 0.5) is 0 Å². The molecule has 0 heterocycles. The maximum Gasteiger partial charge on any atom is 0.0743 e. The van der Waals surface area contributed by atoms with Gasteiger partial charge >= 0.3 is 0 Å². The maximum absolute atomic E-state index is 9.01. The third-order valence-electron chi connectivity index (χ3n) is 1.47. The fraction of sp³-hybridized carbons (Fsp3) is 0.714. The highest BCUT2D eigenvalue weighted by Gasteiger charge is 2.05. The van der Waals surface area contributed by atoms with E-state index in [1.165, 1.54) is 0 Å². The lowest BCUT2D eigenvalue weighted by Crippen LogP contribution is -2.12. The summed E-state index contributed by atoms with van der Waals surface area (Å²) in [6.07, 6.45) is 2.27. The molecule has 48 valence electrons. The number of hydrogen-bond acceptors (Lipinski definition) is 1. The van der Waals surface area contributed by atoms with Gasteiger partial charge in [-0.05, 0) is 5.92 Å². The normalized spacial score (nSPS) is 17.4. The van der Waals surface area contributed by atoms with Crippen molar-refractivity contribution in [2.24, 2.45) is 5.92 Å². The zero-order valence-electron chi connectivity index (χ0n) is 5.59. The van der Waals surface area contributed by atoms with Gasteiger partial charge in [0.25, 0.3) is 0 Å². The van der Waals surface area contributed by atoms with Crippen LogP contribution in [0.3, 0.4) is 0 Å². The molecule has 1 unspecified atom stereocenters. The second-order valence-electron chi connectivity index (χ2n) is 2.11. The van der Waals surface area contributed by atoms with Gasteiger partial charge in [-0.1, -0.05) is 26.3 Å². The predicted octanol–water partition coefficient (Wildman–Crippen LogP) is 1.58. The number of hydrogen-bond donors (Lipinski definition) is 1. The van der Waals surface area contributed by atoms with E-state index in [0.717, 1.165) is 6.42 Å². The molecule has 0 aromatic carbocycles. The van der Waals surface area contributed by atoms with Crippen LogP contribution in [0.5, 0.6) is 0 Å². The van der Waals surface area contributed by atoms with Crippen LogP contribution >= 0.6 is 0 Å². The summed E-state index contributed by atoms with van der Waals surface area (Å²) in [6.45, 7) is 7.54. The van der Waals surface area contributed by atoms with E-state index >= 15 is 0 Å². The molecule has 0 fully saturated rings. The fourth-order valence-corrected chi connectivity index (χ4v) is 0.474. The van der Waals surface area contributed by atoms with Crippen molar-refractivity contribution in [2.75, 3.05) is 0 Å². The molecule has 0 aliphatic heterocycles. The van der Waals surface area contributed by atoms with Gasteiger partial charge in [-0.2, -0.15) is 0 Å². The Morgan fingerprint density at radius 2 is 2.25 bits per heavy atom. The van der Waals surface area contributed by atoms with Gasteiger partial charge < -0.3 is 5.11 Å². The second-order valence-corrected chi connectivity index (χ2v) is 2.11. The van der Waals surface area contributed by atoms with Crippen LogP contribution in [0.15, 0.2) is 12.7 Å². The predicted molar refractivity (Wildman–Crippen MR) is 35.7 cm³/mol. The van der Waals surface area contributed by atoms with E-state index in [9.17, 15) is 0 Å².